The van der Waals surface area contributed by atoms with Crippen molar-refractivity contribution in [3.05, 3.63) is 40.0 Å². The van der Waals surface area contributed by atoms with Gasteiger partial charge in [0.1, 0.15) is 16.4 Å². The predicted octanol–water partition coefficient (Wildman–Crippen LogP) is 2.20. The lowest BCUT2D eigenvalue weighted by molar-refractivity contribution is -0.122. The molecule has 0 bridgehead atoms. The second-order valence-electron chi connectivity index (χ2n) is 5.58. The van der Waals surface area contributed by atoms with Gasteiger partial charge in [0.25, 0.3) is 5.56 Å². The third kappa shape index (κ3) is 3.80. The highest BCUT2D eigenvalue weighted by Gasteiger charge is 2.16. The fraction of sp³-hybridized carbons (Fsp3) is 0.353. The third-order valence-corrected chi connectivity index (χ3v) is 4.71. The van der Waals surface area contributed by atoms with Crippen molar-refractivity contribution in [3.8, 4) is 11.3 Å². The number of furan rings is 1. The molecule has 0 radical (unpaired) electrons. The summed E-state index contributed by atoms with van der Waals surface area (Å²) in [4.78, 5) is 34.3. The molecule has 0 saturated carbocycles. The molecule has 3 rings (SSSR count). The maximum atomic E-state index is 12.5. The molecule has 0 aliphatic heterocycles. The van der Waals surface area contributed by atoms with Gasteiger partial charge in [0.15, 0.2) is 0 Å². The lowest BCUT2D eigenvalue weighted by Gasteiger charge is -2.18. The zero-order valence-corrected chi connectivity index (χ0v) is 15.0. The number of hydrogen-bond donors (Lipinski definition) is 2. The summed E-state index contributed by atoms with van der Waals surface area (Å²) in [7, 11) is 0. The van der Waals surface area contributed by atoms with E-state index in [1.54, 1.807) is 12.3 Å². The van der Waals surface area contributed by atoms with E-state index in [9.17, 15) is 9.59 Å². The fourth-order valence-electron chi connectivity index (χ4n) is 2.63. The van der Waals surface area contributed by atoms with Crippen LogP contribution in [0.4, 0.5) is 0 Å². The summed E-state index contributed by atoms with van der Waals surface area (Å²) in [5.74, 6) is 1.17. The Morgan fingerprint density at radius 3 is 2.96 bits per heavy atom. The number of nitrogens with zero attached hydrogens (tertiary/aromatic N) is 2. The topological polar surface area (TPSA) is 91.2 Å². The molecular formula is C17H20N4O3S. The molecule has 0 aliphatic carbocycles. The molecule has 0 aliphatic rings. The smallest absolute Gasteiger partial charge is 0.260 e. The summed E-state index contributed by atoms with van der Waals surface area (Å²) in [5, 5.41) is 5.19. The van der Waals surface area contributed by atoms with Crippen LogP contribution in [0.25, 0.3) is 21.5 Å². The van der Waals surface area contributed by atoms with Gasteiger partial charge in [-0.3, -0.25) is 14.5 Å². The summed E-state index contributed by atoms with van der Waals surface area (Å²) < 4.78 is 5.39. The number of rotatable bonds is 7. The Kier molecular flexibility index (Phi) is 5.30. The number of hydrogen-bond acceptors (Lipinski definition) is 6. The van der Waals surface area contributed by atoms with Crippen molar-refractivity contribution in [2.24, 2.45) is 0 Å². The molecule has 0 aromatic carbocycles. The Morgan fingerprint density at radius 1 is 1.44 bits per heavy atom. The van der Waals surface area contributed by atoms with E-state index in [-0.39, 0.29) is 18.0 Å². The molecular weight excluding hydrogens is 340 g/mol. The van der Waals surface area contributed by atoms with E-state index in [0.717, 1.165) is 5.56 Å². The van der Waals surface area contributed by atoms with E-state index >= 15 is 0 Å². The predicted molar refractivity (Wildman–Crippen MR) is 97.6 cm³/mol. The molecule has 0 fully saturated rings. The number of thiophene rings is 1. The first-order chi connectivity index (χ1) is 12.1. The Bertz CT molecular complexity index is 914. The summed E-state index contributed by atoms with van der Waals surface area (Å²) in [6.45, 7) is 5.81. The number of fused-ring (bicyclic) bond motifs is 1. The largest absolute Gasteiger partial charge is 0.464 e. The average Bonchev–Trinajstić information content (AvgIpc) is 3.23. The molecule has 3 aromatic rings. The van der Waals surface area contributed by atoms with Crippen LogP contribution in [0, 0.1) is 0 Å². The number of amides is 1. The van der Waals surface area contributed by atoms with Gasteiger partial charge in [-0.1, -0.05) is 6.92 Å². The van der Waals surface area contributed by atoms with Crippen molar-refractivity contribution in [1.82, 2.24) is 20.2 Å². The monoisotopic (exact) mass is 360 g/mol. The van der Waals surface area contributed by atoms with E-state index in [2.05, 4.69) is 15.3 Å². The van der Waals surface area contributed by atoms with Gasteiger partial charge in [0.05, 0.1) is 24.7 Å². The summed E-state index contributed by atoms with van der Waals surface area (Å²) >= 11 is 1.41. The van der Waals surface area contributed by atoms with Gasteiger partial charge in [0.2, 0.25) is 5.91 Å². The first-order valence-corrected chi connectivity index (χ1v) is 9.03. The van der Waals surface area contributed by atoms with Gasteiger partial charge in [-0.2, -0.15) is 0 Å². The third-order valence-electron chi connectivity index (χ3n) is 3.84. The maximum Gasteiger partial charge on any atom is 0.260 e. The van der Waals surface area contributed by atoms with Gasteiger partial charge in [-0.05, 0) is 25.6 Å². The van der Waals surface area contributed by atoms with Crippen molar-refractivity contribution in [1.29, 1.82) is 0 Å². The molecule has 7 nitrogen and oxygen atoms in total. The number of H-pyrrole nitrogens is 1. The number of nitrogens with one attached hydrogen (secondary N) is 2. The minimum atomic E-state index is -0.193. The van der Waals surface area contributed by atoms with Crippen LogP contribution in [0.1, 0.15) is 19.7 Å². The Hall–Kier alpha value is -2.45. The van der Waals surface area contributed by atoms with Crippen LogP contribution >= 0.6 is 11.3 Å². The highest BCUT2D eigenvalue weighted by atomic mass is 32.1. The SMILES string of the molecule is CCNC(=O)CN(CC)Cc1nc2scc(-c3ccco3)c2c(=O)[nH]1. The zero-order chi connectivity index (χ0) is 17.8. The Morgan fingerprint density at radius 2 is 2.28 bits per heavy atom. The molecule has 0 spiro atoms. The summed E-state index contributed by atoms with van der Waals surface area (Å²) in [6.07, 6.45) is 1.58. The second-order valence-corrected chi connectivity index (χ2v) is 6.43. The average molecular weight is 360 g/mol. The van der Waals surface area contributed by atoms with Crippen LogP contribution in [-0.4, -0.2) is 40.4 Å². The van der Waals surface area contributed by atoms with Gasteiger partial charge in [-0.15, -0.1) is 11.3 Å². The molecule has 0 unspecified atom stereocenters. The number of carbonyl (C=O) groups excluding carboxylic acids is 1. The molecule has 0 saturated heterocycles. The van der Waals surface area contributed by atoms with Crippen LogP contribution in [0.15, 0.2) is 33.0 Å². The first kappa shape index (κ1) is 17.4. The zero-order valence-electron chi connectivity index (χ0n) is 14.2. The molecule has 1 amide bonds. The van der Waals surface area contributed by atoms with Crippen molar-refractivity contribution < 1.29 is 9.21 Å². The van der Waals surface area contributed by atoms with Crippen LogP contribution in [0.2, 0.25) is 0 Å². The molecule has 3 aromatic heterocycles. The highest BCUT2D eigenvalue weighted by Crippen LogP contribution is 2.30. The fourth-order valence-corrected chi connectivity index (χ4v) is 3.58. The number of aromatic nitrogens is 2. The van der Waals surface area contributed by atoms with Crippen molar-refractivity contribution >= 4 is 27.5 Å². The van der Waals surface area contributed by atoms with E-state index in [4.69, 9.17) is 4.42 Å². The minimum absolute atomic E-state index is 0.0380. The molecule has 2 N–H and O–H groups in total. The van der Waals surface area contributed by atoms with Crippen LogP contribution in [0.5, 0.6) is 0 Å². The molecule has 132 valence electrons. The maximum absolute atomic E-state index is 12.5. The Balaban J connectivity index is 1.86. The highest BCUT2D eigenvalue weighted by molar-refractivity contribution is 7.17. The second kappa shape index (κ2) is 7.62. The van der Waals surface area contributed by atoms with Crippen molar-refractivity contribution in [3.63, 3.8) is 0 Å². The lowest BCUT2D eigenvalue weighted by atomic mass is 10.2. The van der Waals surface area contributed by atoms with Gasteiger partial charge >= 0.3 is 0 Å². The standard InChI is InChI=1S/C17H20N4O3S/c1-3-18-14(22)9-21(4-2)8-13-19-16(23)15-11(10-25-17(15)20-13)12-6-5-7-24-12/h5-7,10H,3-4,8-9H2,1-2H3,(H,18,22)(H,19,20,23). The minimum Gasteiger partial charge on any atom is -0.464 e. The van der Waals surface area contributed by atoms with E-state index in [1.165, 1.54) is 11.3 Å². The number of likely N-dealkylation sites (N-methyl/N-ethyl adjacent to an activating group) is 2. The van der Waals surface area contributed by atoms with Gasteiger partial charge in [-0.25, -0.2) is 4.98 Å². The van der Waals surface area contributed by atoms with E-state index in [1.807, 2.05) is 30.2 Å². The van der Waals surface area contributed by atoms with Crippen molar-refractivity contribution in [2.75, 3.05) is 19.6 Å². The first-order valence-electron chi connectivity index (χ1n) is 8.15. The molecule has 8 heteroatoms. The van der Waals surface area contributed by atoms with Crippen LogP contribution in [0.3, 0.4) is 0 Å². The van der Waals surface area contributed by atoms with E-state index in [0.29, 0.717) is 41.4 Å². The van der Waals surface area contributed by atoms with Crippen molar-refractivity contribution in [2.45, 2.75) is 20.4 Å². The molecule has 25 heavy (non-hydrogen) atoms. The van der Waals surface area contributed by atoms with Gasteiger partial charge < -0.3 is 14.7 Å². The normalized spacial score (nSPS) is 11.3. The Labute approximate surface area is 148 Å². The summed E-state index contributed by atoms with van der Waals surface area (Å²) in [5.41, 5.74) is 0.557. The number of aromatic amines is 1. The quantitative estimate of drug-likeness (QED) is 0.674. The molecule has 0 atom stereocenters. The number of carbonyl (C=O) groups is 1. The summed E-state index contributed by atoms with van der Waals surface area (Å²) in [6, 6.07) is 3.61. The van der Waals surface area contributed by atoms with Crippen LogP contribution in [-0.2, 0) is 11.3 Å². The van der Waals surface area contributed by atoms with Crippen LogP contribution < -0.4 is 10.9 Å². The van der Waals surface area contributed by atoms with E-state index < -0.39 is 0 Å². The molecule has 3 heterocycles. The van der Waals surface area contributed by atoms with Gasteiger partial charge in [0, 0.05) is 17.5 Å². The lowest BCUT2D eigenvalue weighted by Crippen LogP contribution is -2.37.